The van der Waals surface area contributed by atoms with Crippen LogP contribution in [0.3, 0.4) is 0 Å². The van der Waals surface area contributed by atoms with Gasteiger partial charge in [0.2, 0.25) is 0 Å². The molecule has 2 rings (SSSR count). The fraction of sp³-hybridized carbons (Fsp3) is 0.312. The van der Waals surface area contributed by atoms with E-state index in [4.69, 9.17) is 4.74 Å². The summed E-state index contributed by atoms with van der Waals surface area (Å²) in [5, 5.41) is 10.7. The molecule has 1 heterocycles. The van der Waals surface area contributed by atoms with Crippen molar-refractivity contribution in [1.29, 1.82) is 0 Å². The summed E-state index contributed by atoms with van der Waals surface area (Å²) in [6.07, 6.45) is 1.39. The number of nitrogens with zero attached hydrogens (tertiary/aromatic N) is 1. The number of benzene rings is 1. The average Bonchev–Trinajstić information content (AvgIpc) is 2.50. The van der Waals surface area contributed by atoms with Gasteiger partial charge < -0.3 is 9.84 Å². The second kappa shape index (κ2) is 6.18. The highest BCUT2D eigenvalue weighted by Gasteiger charge is 2.30. The van der Waals surface area contributed by atoms with E-state index in [0.29, 0.717) is 17.7 Å². The molecule has 0 saturated heterocycles. The van der Waals surface area contributed by atoms with Crippen LogP contribution >= 0.6 is 0 Å². The third kappa shape index (κ3) is 3.19. The molecule has 0 bridgehead atoms. The molecule has 0 fully saturated rings. The lowest BCUT2D eigenvalue weighted by atomic mass is 9.88. The van der Waals surface area contributed by atoms with Gasteiger partial charge in [-0.1, -0.05) is 19.1 Å². The van der Waals surface area contributed by atoms with Crippen molar-refractivity contribution in [2.45, 2.75) is 25.4 Å². The zero-order chi connectivity index (χ0) is 15.5. The van der Waals surface area contributed by atoms with Crippen LogP contribution in [0.4, 0.5) is 8.78 Å². The van der Waals surface area contributed by atoms with Gasteiger partial charge in [-0.05, 0) is 30.2 Å². The Balaban J connectivity index is 2.36. The van der Waals surface area contributed by atoms with Crippen LogP contribution < -0.4 is 4.74 Å². The maximum atomic E-state index is 14.2. The molecule has 0 saturated carbocycles. The predicted molar refractivity (Wildman–Crippen MR) is 75.0 cm³/mol. The lowest BCUT2D eigenvalue weighted by molar-refractivity contribution is 0.0273. The molecule has 0 aliphatic heterocycles. The normalized spacial score (nSPS) is 13.8. The van der Waals surface area contributed by atoms with Crippen LogP contribution in [0.25, 0.3) is 0 Å². The van der Waals surface area contributed by atoms with Gasteiger partial charge in [0.05, 0.1) is 19.0 Å². The molecule has 1 unspecified atom stereocenters. The van der Waals surface area contributed by atoms with E-state index in [1.54, 1.807) is 19.1 Å². The highest BCUT2D eigenvalue weighted by molar-refractivity contribution is 5.33. The van der Waals surface area contributed by atoms with Crippen molar-refractivity contribution in [3.8, 4) is 5.75 Å². The van der Waals surface area contributed by atoms with E-state index < -0.39 is 17.2 Å². The molecular weight excluding hydrogens is 276 g/mol. The number of aromatic nitrogens is 1. The first-order valence-corrected chi connectivity index (χ1v) is 6.66. The van der Waals surface area contributed by atoms with Crippen LogP contribution in [0, 0.1) is 11.6 Å². The Bertz CT molecular complexity index is 616. The summed E-state index contributed by atoms with van der Waals surface area (Å²) in [6, 6.07) is 7.40. The van der Waals surface area contributed by atoms with Crippen LogP contribution in [-0.4, -0.2) is 17.2 Å². The topological polar surface area (TPSA) is 42.4 Å². The fourth-order valence-corrected chi connectivity index (χ4v) is 2.21. The highest BCUT2D eigenvalue weighted by Crippen LogP contribution is 2.31. The summed E-state index contributed by atoms with van der Waals surface area (Å²) in [6.45, 7) is 1.77. The summed E-state index contributed by atoms with van der Waals surface area (Å²) in [5.41, 5.74) is -0.723. The average molecular weight is 293 g/mol. The molecule has 1 atom stereocenters. The number of rotatable bonds is 5. The van der Waals surface area contributed by atoms with Crippen LogP contribution in [-0.2, 0) is 12.0 Å². The SMILES string of the molecule is CCC(O)(Cc1cccc(OC)c1F)c1ccc(F)cn1. The van der Waals surface area contributed by atoms with Gasteiger partial charge in [0, 0.05) is 6.42 Å². The zero-order valence-electron chi connectivity index (χ0n) is 11.9. The van der Waals surface area contributed by atoms with Crippen molar-refractivity contribution in [3.05, 3.63) is 59.4 Å². The molecule has 0 spiro atoms. The Morgan fingerprint density at radius 3 is 2.57 bits per heavy atom. The van der Waals surface area contributed by atoms with E-state index in [-0.39, 0.29) is 12.2 Å². The largest absolute Gasteiger partial charge is 0.494 e. The quantitative estimate of drug-likeness (QED) is 0.920. The van der Waals surface area contributed by atoms with Crippen molar-refractivity contribution in [2.75, 3.05) is 7.11 Å². The molecule has 5 heteroatoms. The molecule has 1 aromatic heterocycles. The van der Waals surface area contributed by atoms with Gasteiger partial charge in [0.25, 0.3) is 0 Å². The Morgan fingerprint density at radius 2 is 2.00 bits per heavy atom. The summed E-state index contributed by atoms with van der Waals surface area (Å²) >= 11 is 0. The summed E-state index contributed by atoms with van der Waals surface area (Å²) in [7, 11) is 1.38. The molecule has 1 aromatic carbocycles. The van der Waals surface area contributed by atoms with Crippen LogP contribution in [0.2, 0.25) is 0 Å². The van der Waals surface area contributed by atoms with Gasteiger partial charge in [-0.25, -0.2) is 8.78 Å². The minimum atomic E-state index is -1.36. The van der Waals surface area contributed by atoms with Crippen molar-refractivity contribution >= 4 is 0 Å². The first-order chi connectivity index (χ1) is 10.00. The second-order valence-corrected chi connectivity index (χ2v) is 4.86. The number of hydrogen-bond acceptors (Lipinski definition) is 3. The second-order valence-electron chi connectivity index (χ2n) is 4.86. The van der Waals surface area contributed by atoms with Gasteiger partial charge in [-0.15, -0.1) is 0 Å². The van der Waals surface area contributed by atoms with Gasteiger partial charge in [-0.2, -0.15) is 0 Å². The maximum Gasteiger partial charge on any atom is 0.168 e. The standard InChI is InChI=1S/C16H17F2NO2/c1-3-16(20,14-8-7-12(17)10-19-14)9-11-5-4-6-13(21-2)15(11)18/h4-8,10,20H,3,9H2,1-2H3. The van der Waals surface area contributed by atoms with Crippen molar-refractivity contribution in [2.24, 2.45) is 0 Å². The summed E-state index contributed by atoms with van der Waals surface area (Å²) < 4.78 is 32.1. The molecular formula is C16H17F2NO2. The van der Waals surface area contributed by atoms with E-state index in [0.717, 1.165) is 6.20 Å². The first kappa shape index (κ1) is 15.4. The molecule has 0 aliphatic carbocycles. The molecule has 0 aliphatic rings. The van der Waals surface area contributed by atoms with E-state index in [2.05, 4.69) is 4.98 Å². The lowest BCUT2D eigenvalue weighted by Gasteiger charge is -2.26. The molecule has 0 amide bonds. The van der Waals surface area contributed by atoms with E-state index in [1.807, 2.05) is 0 Å². The van der Waals surface area contributed by atoms with E-state index in [1.165, 1.54) is 25.3 Å². The number of aliphatic hydroxyl groups is 1. The minimum absolute atomic E-state index is 0.0329. The Labute approximate surface area is 122 Å². The van der Waals surface area contributed by atoms with Crippen LogP contribution in [0.5, 0.6) is 5.75 Å². The molecule has 112 valence electrons. The number of pyridine rings is 1. The first-order valence-electron chi connectivity index (χ1n) is 6.66. The van der Waals surface area contributed by atoms with Crippen molar-refractivity contribution < 1.29 is 18.6 Å². The van der Waals surface area contributed by atoms with Crippen LogP contribution in [0.15, 0.2) is 36.5 Å². The predicted octanol–water partition coefficient (Wildman–Crippen LogP) is 3.21. The van der Waals surface area contributed by atoms with Gasteiger partial charge >= 0.3 is 0 Å². The highest BCUT2D eigenvalue weighted by atomic mass is 19.1. The maximum absolute atomic E-state index is 14.2. The summed E-state index contributed by atoms with van der Waals surface area (Å²) in [4.78, 5) is 3.91. The number of ether oxygens (including phenoxy) is 1. The third-order valence-corrected chi connectivity index (χ3v) is 3.54. The van der Waals surface area contributed by atoms with E-state index in [9.17, 15) is 13.9 Å². The molecule has 3 nitrogen and oxygen atoms in total. The van der Waals surface area contributed by atoms with Gasteiger partial charge in [0.1, 0.15) is 11.4 Å². The summed E-state index contributed by atoms with van der Waals surface area (Å²) in [5.74, 6) is -0.864. The van der Waals surface area contributed by atoms with Crippen molar-refractivity contribution in [3.63, 3.8) is 0 Å². The Hall–Kier alpha value is -2.01. The number of methoxy groups -OCH3 is 1. The molecule has 0 radical (unpaired) electrons. The lowest BCUT2D eigenvalue weighted by Crippen LogP contribution is -2.29. The minimum Gasteiger partial charge on any atom is -0.494 e. The monoisotopic (exact) mass is 293 g/mol. The van der Waals surface area contributed by atoms with Gasteiger partial charge in [0.15, 0.2) is 11.6 Å². The zero-order valence-corrected chi connectivity index (χ0v) is 11.9. The third-order valence-electron chi connectivity index (χ3n) is 3.54. The molecule has 2 aromatic rings. The Morgan fingerprint density at radius 1 is 1.24 bits per heavy atom. The van der Waals surface area contributed by atoms with E-state index >= 15 is 0 Å². The number of halogens is 2. The van der Waals surface area contributed by atoms with Crippen LogP contribution in [0.1, 0.15) is 24.6 Å². The molecule has 1 N–H and O–H groups in total. The molecule has 21 heavy (non-hydrogen) atoms. The fourth-order valence-electron chi connectivity index (χ4n) is 2.21. The smallest absolute Gasteiger partial charge is 0.168 e. The van der Waals surface area contributed by atoms with Gasteiger partial charge in [-0.3, -0.25) is 4.98 Å². The Kier molecular flexibility index (Phi) is 4.53. The number of hydrogen-bond donors (Lipinski definition) is 1. The van der Waals surface area contributed by atoms with Crippen molar-refractivity contribution in [1.82, 2.24) is 4.98 Å².